The zero-order valence-electron chi connectivity index (χ0n) is 16.8. The lowest BCUT2D eigenvalue weighted by molar-refractivity contribution is -0.126. The second-order valence-electron chi connectivity index (χ2n) is 9.39. The molecule has 0 aromatic rings. The minimum absolute atomic E-state index is 0.0805. The zero-order valence-corrected chi connectivity index (χ0v) is 16.8. The van der Waals surface area contributed by atoms with Crippen LogP contribution in [0.1, 0.15) is 81.1 Å². The predicted octanol–water partition coefficient (Wildman–Crippen LogP) is 3.23. The molecule has 0 aliphatic carbocycles. The fourth-order valence-electron chi connectivity index (χ4n) is 2.21. The van der Waals surface area contributed by atoms with Gasteiger partial charge in [-0.3, -0.25) is 4.79 Å². The minimum atomic E-state index is -1.01. The number of aldehydes is 1. The van der Waals surface area contributed by atoms with Crippen LogP contribution < -0.4 is 5.32 Å². The smallest absolute Gasteiger partial charge is 0.223 e. The summed E-state index contributed by atoms with van der Waals surface area (Å²) in [5.41, 5.74) is -2.06. The van der Waals surface area contributed by atoms with Gasteiger partial charge in [0.05, 0.1) is 17.6 Å². The van der Waals surface area contributed by atoms with Crippen LogP contribution in [0.15, 0.2) is 0 Å². The van der Waals surface area contributed by atoms with Gasteiger partial charge in [-0.15, -0.1) is 0 Å². The summed E-state index contributed by atoms with van der Waals surface area (Å²) in [5, 5.41) is 12.7. The van der Waals surface area contributed by atoms with Gasteiger partial charge >= 0.3 is 0 Å². The number of rotatable bonds is 11. The number of ether oxygens (including phenoxy) is 1. The molecule has 1 amide bonds. The molecule has 5 nitrogen and oxygen atoms in total. The molecule has 0 aromatic carbocycles. The second-order valence-corrected chi connectivity index (χ2v) is 9.39. The summed E-state index contributed by atoms with van der Waals surface area (Å²) in [4.78, 5) is 22.9. The number of hydrogen-bond donors (Lipinski definition) is 2. The Balaban J connectivity index is 4.36. The van der Waals surface area contributed by atoms with Crippen molar-refractivity contribution in [3.8, 4) is 0 Å². The van der Waals surface area contributed by atoms with Crippen LogP contribution in [0.4, 0.5) is 0 Å². The van der Waals surface area contributed by atoms with E-state index in [0.29, 0.717) is 13.0 Å². The molecule has 0 rings (SSSR count). The van der Waals surface area contributed by atoms with Crippen LogP contribution in [0.3, 0.4) is 0 Å². The van der Waals surface area contributed by atoms with Gasteiger partial charge in [0, 0.05) is 17.6 Å². The van der Waals surface area contributed by atoms with Crippen LogP contribution in [0, 0.1) is 5.41 Å². The van der Waals surface area contributed by atoms with Crippen LogP contribution >= 0.6 is 0 Å². The molecule has 0 aliphatic rings. The maximum Gasteiger partial charge on any atom is 0.223 e. The third-order valence-corrected chi connectivity index (χ3v) is 3.98. The van der Waals surface area contributed by atoms with E-state index in [0.717, 1.165) is 19.1 Å². The average Bonchev–Trinajstić information content (AvgIpc) is 2.33. The summed E-state index contributed by atoms with van der Waals surface area (Å²) in [6.07, 6.45) is 3.27. The van der Waals surface area contributed by atoms with Crippen molar-refractivity contribution >= 4 is 12.2 Å². The lowest BCUT2D eigenvalue weighted by Gasteiger charge is -2.33. The van der Waals surface area contributed by atoms with Crippen molar-refractivity contribution < 1.29 is 19.4 Å². The second kappa shape index (κ2) is 8.43. The van der Waals surface area contributed by atoms with Crippen molar-refractivity contribution in [3.05, 3.63) is 0 Å². The number of carbonyl (C=O) groups excluding carboxylic acids is 2. The van der Waals surface area contributed by atoms with Crippen LogP contribution in [0.2, 0.25) is 0 Å². The Morgan fingerprint density at radius 2 is 1.54 bits per heavy atom. The summed E-state index contributed by atoms with van der Waals surface area (Å²) in [5.74, 6) is -0.154. The van der Waals surface area contributed by atoms with E-state index in [1.165, 1.54) is 0 Å². The predicted molar refractivity (Wildman–Crippen MR) is 96.9 cm³/mol. The standard InChI is InChI=1S/C19H37NO4/c1-16(2,14-21)11-12-24-19(7,8)10-9-17(3,4)20-15(22)13-18(5,6)23/h14,23H,9-13H2,1-8H3,(H,20,22). The Bertz CT molecular complexity index is 420. The Labute approximate surface area is 147 Å². The number of amides is 1. The first-order chi connectivity index (χ1) is 10.6. The van der Waals surface area contributed by atoms with Gasteiger partial charge in [-0.05, 0) is 60.8 Å². The fraction of sp³-hybridized carbons (Fsp3) is 0.895. The molecule has 0 radical (unpaired) electrons. The molecule has 0 bridgehead atoms. The molecule has 24 heavy (non-hydrogen) atoms. The first-order valence-electron chi connectivity index (χ1n) is 8.71. The van der Waals surface area contributed by atoms with Crippen molar-refractivity contribution in [1.29, 1.82) is 0 Å². The number of aliphatic hydroxyl groups is 1. The van der Waals surface area contributed by atoms with E-state index in [9.17, 15) is 14.7 Å². The zero-order chi connectivity index (χ0) is 19.2. The summed E-state index contributed by atoms with van der Waals surface area (Å²) in [7, 11) is 0. The van der Waals surface area contributed by atoms with Gasteiger partial charge in [-0.1, -0.05) is 13.8 Å². The highest BCUT2D eigenvalue weighted by Gasteiger charge is 2.28. The molecule has 0 unspecified atom stereocenters. The molecule has 0 aliphatic heterocycles. The highest BCUT2D eigenvalue weighted by atomic mass is 16.5. The Morgan fingerprint density at radius 3 is 2.00 bits per heavy atom. The summed E-state index contributed by atoms with van der Waals surface area (Å²) in [6, 6.07) is 0. The highest BCUT2D eigenvalue weighted by Crippen LogP contribution is 2.25. The SMILES string of the molecule is CC(C)(O)CC(=O)NC(C)(C)CCC(C)(C)OCCC(C)(C)C=O. The van der Waals surface area contributed by atoms with E-state index in [-0.39, 0.29) is 28.9 Å². The van der Waals surface area contributed by atoms with Crippen LogP contribution in [0.5, 0.6) is 0 Å². The molecule has 0 heterocycles. The molecule has 0 saturated heterocycles. The van der Waals surface area contributed by atoms with Crippen molar-refractivity contribution in [3.63, 3.8) is 0 Å². The summed E-state index contributed by atoms with van der Waals surface area (Å²) >= 11 is 0. The molecule has 2 N–H and O–H groups in total. The van der Waals surface area contributed by atoms with E-state index >= 15 is 0 Å². The quantitative estimate of drug-likeness (QED) is 0.565. The average molecular weight is 344 g/mol. The van der Waals surface area contributed by atoms with Gasteiger partial charge in [0.2, 0.25) is 5.91 Å². The molecule has 0 spiro atoms. The third kappa shape index (κ3) is 11.6. The van der Waals surface area contributed by atoms with Gasteiger partial charge in [0.25, 0.3) is 0 Å². The fourth-order valence-corrected chi connectivity index (χ4v) is 2.21. The molecule has 0 fully saturated rings. The van der Waals surface area contributed by atoms with E-state index in [4.69, 9.17) is 4.74 Å². The molecule has 5 heteroatoms. The molecule has 0 aromatic heterocycles. The van der Waals surface area contributed by atoms with E-state index in [2.05, 4.69) is 5.32 Å². The first kappa shape index (κ1) is 23.1. The monoisotopic (exact) mass is 343 g/mol. The first-order valence-corrected chi connectivity index (χ1v) is 8.71. The number of hydrogen-bond acceptors (Lipinski definition) is 4. The van der Waals surface area contributed by atoms with Crippen molar-refractivity contribution in [1.82, 2.24) is 5.32 Å². The van der Waals surface area contributed by atoms with Crippen molar-refractivity contribution in [2.24, 2.45) is 5.41 Å². The molecular weight excluding hydrogens is 306 g/mol. The lowest BCUT2D eigenvalue weighted by Crippen LogP contribution is -2.46. The summed E-state index contributed by atoms with van der Waals surface area (Å²) < 4.78 is 5.94. The van der Waals surface area contributed by atoms with Crippen molar-refractivity contribution in [2.75, 3.05) is 6.61 Å². The Hall–Kier alpha value is -0.940. The number of nitrogens with one attached hydrogen (secondary N) is 1. The maximum absolute atomic E-state index is 12.0. The highest BCUT2D eigenvalue weighted by molar-refractivity contribution is 5.77. The van der Waals surface area contributed by atoms with Crippen LogP contribution in [0.25, 0.3) is 0 Å². The Kier molecular flexibility index (Phi) is 8.10. The molecule has 0 saturated carbocycles. The lowest BCUT2D eigenvalue weighted by atomic mass is 9.90. The van der Waals surface area contributed by atoms with Crippen LogP contribution in [-0.2, 0) is 14.3 Å². The van der Waals surface area contributed by atoms with E-state index in [1.807, 2.05) is 41.5 Å². The topological polar surface area (TPSA) is 75.6 Å². The van der Waals surface area contributed by atoms with E-state index < -0.39 is 5.60 Å². The Morgan fingerprint density at radius 1 is 1.00 bits per heavy atom. The number of carbonyl (C=O) groups is 2. The van der Waals surface area contributed by atoms with Gasteiger partial charge in [-0.2, -0.15) is 0 Å². The van der Waals surface area contributed by atoms with Gasteiger partial charge < -0.3 is 20.0 Å². The minimum Gasteiger partial charge on any atom is -0.390 e. The molecular formula is C19H37NO4. The van der Waals surface area contributed by atoms with Gasteiger partial charge in [0.1, 0.15) is 6.29 Å². The molecule has 0 atom stereocenters. The normalized spacial score (nSPS) is 13.7. The third-order valence-electron chi connectivity index (χ3n) is 3.98. The van der Waals surface area contributed by atoms with Crippen LogP contribution in [-0.4, -0.2) is 40.6 Å². The summed E-state index contributed by atoms with van der Waals surface area (Å²) in [6.45, 7) is 15.6. The maximum atomic E-state index is 12.0. The largest absolute Gasteiger partial charge is 0.390 e. The van der Waals surface area contributed by atoms with Crippen molar-refractivity contribution in [2.45, 2.75) is 97.8 Å². The van der Waals surface area contributed by atoms with E-state index in [1.54, 1.807) is 13.8 Å². The van der Waals surface area contributed by atoms with Gasteiger partial charge in [0.15, 0.2) is 0 Å². The molecule has 142 valence electrons. The van der Waals surface area contributed by atoms with Gasteiger partial charge in [-0.25, -0.2) is 0 Å².